The smallest absolute Gasteiger partial charge is 0.398 e. The molecule has 2 aliphatic rings. The van der Waals surface area contributed by atoms with Crippen LogP contribution in [0.15, 0.2) is 11.9 Å². The van der Waals surface area contributed by atoms with Gasteiger partial charge < -0.3 is 14.2 Å². The van der Waals surface area contributed by atoms with Gasteiger partial charge in [0.15, 0.2) is 0 Å². The van der Waals surface area contributed by atoms with Gasteiger partial charge in [0.05, 0.1) is 23.4 Å². The topological polar surface area (TPSA) is 52.4 Å². The summed E-state index contributed by atoms with van der Waals surface area (Å²) in [6, 6.07) is 0.305. The van der Waals surface area contributed by atoms with E-state index in [2.05, 4.69) is 22.1 Å². The van der Waals surface area contributed by atoms with E-state index in [0.717, 1.165) is 26.1 Å². The fourth-order valence-corrected chi connectivity index (χ4v) is 3.02. The van der Waals surface area contributed by atoms with Crippen molar-refractivity contribution in [3.05, 3.63) is 17.6 Å². The zero-order valence-corrected chi connectivity index (χ0v) is 15.1. The average Bonchev–Trinajstić information content (AvgIpc) is 3.17. The first-order chi connectivity index (χ1) is 11.2. The molecule has 2 fully saturated rings. The molecule has 0 amide bonds. The summed E-state index contributed by atoms with van der Waals surface area (Å²) in [4.78, 5) is 2.37. The van der Waals surface area contributed by atoms with Gasteiger partial charge in [0.2, 0.25) is 0 Å². The van der Waals surface area contributed by atoms with Gasteiger partial charge in [-0.15, -0.1) is 5.10 Å². The van der Waals surface area contributed by atoms with Gasteiger partial charge in [0.25, 0.3) is 0 Å². The normalized spacial score (nSPS) is 27.2. The van der Waals surface area contributed by atoms with Crippen LogP contribution in [0.25, 0.3) is 6.08 Å². The molecule has 3 heterocycles. The highest BCUT2D eigenvalue weighted by Crippen LogP contribution is 2.39. The lowest BCUT2D eigenvalue weighted by Crippen LogP contribution is -2.41. The lowest BCUT2D eigenvalue weighted by molar-refractivity contribution is 0.00578. The third-order valence-electron chi connectivity index (χ3n) is 5.36. The molecule has 1 atom stereocenters. The molecular weight excluding hydrogens is 310 g/mol. The van der Waals surface area contributed by atoms with E-state index in [9.17, 15) is 4.39 Å². The molecule has 3 rings (SSSR count). The quantitative estimate of drug-likeness (QED) is 0.791. The predicted molar refractivity (Wildman–Crippen MR) is 91.0 cm³/mol. The first-order valence-electron chi connectivity index (χ1n) is 8.59. The molecule has 0 N–H and O–H groups in total. The second kappa shape index (κ2) is 6.24. The van der Waals surface area contributed by atoms with E-state index in [1.807, 2.05) is 32.4 Å². The first-order valence-corrected chi connectivity index (χ1v) is 8.59. The Morgan fingerprint density at radius 1 is 1.38 bits per heavy atom. The van der Waals surface area contributed by atoms with Crippen LogP contribution in [0, 0.1) is 0 Å². The molecule has 132 valence electrons. The number of nitrogens with zero attached hydrogens (tertiary/aromatic N) is 4. The largest absolute Gasteiger partial charge is 0.525 e. The Morgan fingerprint density at radius 3 is 2.62 bits per heavy atom. The van der Waals surface area contributed by atoms with Gasteiger partial charge in [0.1, 0.15) is 11.4 Å². The molecule has 1 unspecified atom stereocenters. The van der Waals surface area contributed by atoms with Crippen molar-refractivity contribution in [1.29, 1.82) is 0 Å². The predicted octanol–water partition coefficient (Wildman–Crippen LogP) is 2.49. The van der Waals surface area contributed by atoms with Gasteiger partial charge in [-0.1, -0.05) is 12.1 Å². The molecule has 1 aromatic rings. The minimum atomic E-state index is -0.998. The first kappa shape index (κ1) is 17.6. The Balaban J connectivity index is 1.69. The van der Waals surface area contributed by atoms with E-state index >= 15 is 0 Å². The van der Waals surface area contributed by atoms with Crippen LogP contribution < -0.4 is 0 Å². The van der Waals surface area contributed by atoms with Crippen LogP contribution in [0.2, 0.25) is 0 Å². The van der Waals surface area contributed by atoms with Crippen molar-refractivity contribution in [2.24, 2.45) is 0 Å². The fourth-order valence-electron chi connectivity index (χ4n) is 3.02. The second-order valence-electron chi connectivity index (χ2n) is 7.58. The highest BCUT2D eigenvalue weighted by molar-refractivity contribution is 6.54. The SMILES string of the molecule is CCN1CCC(n2cc(C=C(F)B3OC(C)(C)C(C)(C)O3)nn2)C1. The van der Waals surface area contributed by atoms with Gasteiger partial charge in [-0.2, -0.15) is 0 Å². The van der Waals surface area contributed by atoms with Gasteiger partial charge in [0, 0.05) is 13.1 Å². The van der Waals surface area contributed by atoms with Crippen LogP contribution in [0.3, 0.4) is 0 Å². The molecule has 1 aromatic heterocycles. The number of halogens is 1. The van der Waals surface area contributed by atoms with Gasteiger partial charge in [-0.05, 0) is 46.7 Å². The lowest BCUT2D eigenvalue weighted by atomic mass is 9.87. The summed E-state index contributed by atoms with van der Waals surface area (Å²) in [6.45, 7) is 12.8. The van der Waals surface area contributed by atoms with E-state index in [-0.39, 0.29) is 0 Å². The molecule has 8 heteroatoms. The zero-order valence-electron chi connectivity index (χ0n) is 15.1. The summed E-state index contributed by atoms with van der Waals surface area (Å²) in [6.07, 6.45) is 4.17. The van der Waals surface area contributed by atoms with E-state index in [1.54, 1.807) is 6.20 Å². The number of rotatable bonds is 4. The van der Waals surface area contributed by atoms with Crippen LogP contribution in [-0.2, 0) is 9.31 Å². The monoisotopic (exact) mass is 336 g/mol. The van der Waals surface area contributed by atoms with Gasteiger partial charge in [-0.3, -0.25) is 0 Å². The van der Waals surface area contributed by atoms with Gasteiger partial charge in [-0.25, -0.2) is 9.07 Å². The minimum absolute atomic E-state index is 0.305. The van der Waals surface area contributed by atoms with E-state index in [0.29, 0.717) is 11.7 Å². The summed E-state index contributed by atoms with van der Waals surface area (Å²) < 4.78 is 27.8. The molecule has 0 radical (unpaired) electrons. The Bertz CT molecular complexity index is 615. The van der Waals surface area contributed by atoms with E-state index in [4.69, 9.17) is 9.31 Å². The average molecular weight is 336 g/mol. The zero-order chi connectivity index (χ0) is 17.5. The number of likely N-dealkylation sites (tertiary alicyclic amines) is 1. The highest BCUT2D eigenvalue weighted by atomic mass is 19.1. The van der Waals surface area contributed by atoms with Crippen molar-refractivity contribution in [1.82, 2.24) is 19.9 Å². The molecule has 0 aliphatic carbocycles. The summed E-state index contributed by atoms with van der Waals surface area (Å²) in [5, 5.41) is 8.21. The van der Waals surface area contributed by atoms with Crippen LogP contribution in [0.5, 0.6) is 0 Å². The maximum absolute atomic E-state index is 14.5. The second-order valence-corrected chi connectivity index (χ2v) is 7.58. The maximum Gasteiger partial charge on any atom is 0.525 e. The van der Waals surface area contributed by atoms with Crippen molar-refractivity contribution in [2.75, 3.05) is 19.6 Å². The third-order valence-corrected chi connectivity index (χ3v) is 5.36. The highest BCUT2D eigenvalue weighted by Gasteiger charge is 2.53. The van der Waals surface area contributed by atoms with Crippen molar-refractivity contribution < 1.29 is 13.7 Å². The number of likely N-dealkylation sites (N-methyl/N-ethyl adjacent to an activating group) is 1. The molecule has 0 spiro atoms. The molecule has 0 aromatic carbocycles. The third kappa shape index (κ3) is 3.27. The van der Waals surface area contributed by atoms with Crippen LogP contribution in [-0.4, -0.2) is 57.8 Å². The van der Waals surface area contributed by atoms with Crippen LogP contribution in [0.1, 0.15) is 52.8 Å². The number of aromatic nitrogens is 3. The lowest BCUT2D eigenvalue weighted by Gasteiger charge is -2.32. The van der Waals surface area contributed by atoms with Crippen molar-refractivity contribution >= 4 is 13.2 Å². The Labute approximate surface area is 143 Å². The van der Waals surface area contributed by atoms with E-state index < -0.39 is 24.0 Å². The summed E-state index contributed by atoms with van der Waals surface area (Å²) >= 11 is 0. The molecule has 2 saturated heterocycles. The van der Waals surface area contributed by atoms with Crippen molar-refractivity contribution in [3.63, 3.8) is 0 Å². The molecule has 0 bridgehead atoms. The van der Waals surface area contributed by atoms with Gasteiger partial charge >= 0.3 is 7.12 Å². The molecule has 2 aliphatic heterocycles. The standard InChI is InChI=1S/C16H26BFN4O2/c1-6-21-8-7-13(11-21)22-10-12(19-20-22)9-14(18)17-23-15(2,3)16(4,5)24-17/h9-10,13H,6-8,11H2,1-5H3. The number of hydrogen-bond acceptors (Lipinski definition) is 5. The molecule has 0 saturated carbocycles. The molecule has 24 heavy (non-hydrogen) atoms. The summed E-state index contributed by atoms with van der Waals surface area (Å²) in [5.74, 6) is 0. The van der Waals surface area contributed by atoms with Crippen LogP contribution in [0.4, 0.5) is 4.39 Å². The Morgan fingerprint density at radius 2 is 2.04 bits per heavy atom. The fraction of sp³-hybridized carbons (Fsp3) is 0.750. The molecular formula is C16H26BFN4O2. The maximum atomic E-state index is 14.5. The molecule has 6 nitrogen and oxygen atoms in total. The minimum Gasteiger partial charge on any atom is -0.398 e. The van der Waals surface area contributed by atoms with Crippen molar-refractivity contribution in [2.45, 2.75) is 58.3 Å². The number of hydrogen-bond donors (Lipinski definition) is 0. The Kier molecular flexibility index (Phi) is 4.57. The summed E-state index contributed by atoms with van der Waals surface area (Å²) in [7, 11) is -0.998. The van der Waals surface area contributed by atoms with Crippen LogP contribution >= 0.6 is 0 Å². The van der Waals surface area contributed by atoms with Crippen molar-refractivity contribution in [3.8, 4) is 0 Å². The summed E-state index contributed by atoms with van der Waals surface area (Å²) in [5.41, 5.74) is -1.12. The Hall–Kier alpha value is -1.25. The van der Waals surface area contributed by atoms with E-state index in [1.165, 1.54) is 6.08 Å².